The molecule has 0 aliphatic heterocycles. The molecule has 0 spiro atoms. The highest BCUT2D eigenvalue weighted by Crippen LogP contribution is 2.41. The molecule has 2 aromatic carbocycles. The van der Waals surface area contributed by atoms with Crippen LogP contribution in [-0.2, 0) is 0 Å². The van der Waals surface area contributed by atoms with Gasteiger partial charge in [-0.2, -0.15) is 0 Å². The molecule has 5 heteroatoms. The van der Waals surface area contributed by atoms with E-state index in [0.717, 1.165) is 22.9 Å². The third-order valence-electron chi connectivity index (χ3n) is 4.62. The van der Waals surface area contributed by atoms with Gasteiger partial charge in [0.05, 0.1) is 20.8 Å². The van der Waals surface area contributed by atoms with Gasteiger partial charge in [0.2, 0.25) is 0 Å². The van der Waals surface area contributed by atoms with Crippen molar-refractivity contribution in [3.8, 4) is 17.2 Å². The Morgan fingerprint density at radius 2 is 1.59 bits per heavy atom. The average molecular weight is 389 g/mol. The second-order valence-electron chi connectivity index (χ2n) is 7.88. The van der Waals surface area contributed by atoms with Crippen LogP contribution in [0.15, 0.2) is 42.5 Å². The van der Waals surface area contributed by atoms with Crippen LogP contribution in [0, 0.1) is 0 Å². The summed E-state index contributed by atoms with van der Waals surface area (Å²) in [6.07, 6.45) is 0.610. The lowest BCUT2D eigenvalue weighted by atomic mass is 9.88. The SMILES string of the molecule is COc1cc([C@H](CCO)c2ccccc2)c(OC)cc1OCC[Si](C)(C)C. The van der Waals surface area contributed by atoms with Gasteiger partial charge >= 0.3 is 0 Å². The highest BCUT2D eigenvalue weighted by molar-refractivity contribution is 6.76. The van der Waals surface area contributed by atoms with E-state index < -0.39 is 8.07 Å². The van der Waals surface area contributed by atoms with E-state index in [-0.39, 0.29) is 12.5 Å². The molecule has 0 unspecified atom stereocenters. The predicted octanol–water partition coefficient (Wildman–Crippen LogP) is 4.94. The molecule has 0 saturated carbocycles. The summed E-state index contributed by atoms with van der Waals surface area (Å²) < 4.78 is 17.3. The molecule has 0 fully saturated rings. The lowest BCUT2D eigenvalue weighted by molar-refractivity contribution is 0.279. The lowest BCUT2D eigenvalue weighted by Crippen LogP contribution is -2.22. The van der Waals surface area contributed by atoms with Crippen molar-refractivity contribution in [3.05, 3.63) is 53.6 Å². The Morgan fingerprint density at radius 1 is 0.926 bits per heavy atom. The molecule has 1 atom stereocenters. The molecule has 0 aromatic heterocycles. The fraction of sp³-hybridized carbons (Fsp3) is 0.455. The molecule has 148 valence electrons. The quantitative estimate of drug-likeness (QED) is 0.586. The highest BCUT2D eigenvalue weighted by Gasteiger charge is 2.22. The monoisotopic (exact) mass is 388 g/mol. The van der Waals surface area contributed by atoms with Crippen molar-refractivity contribution in [1.29, 1.82) is 0 Å². The Morgan fingerprint density at radius 3 is 2.15 bits per heavy atom. The first kappa shape index (κ1) is 21.3. The van der Waals surface area contributed by atoms with Gasteiger partial charge in [0, 0.05) is 32.2 Å². The van der Waals surface area contributed by atoms with Crippen LogP contribution in [0.1, 0.15) is 23.5 Å². The zero-order valence-electron chi connectivity index (χ0n) is 17.1. The molecule has 4 nitrogen and oxygen atoms in total. The molecule has 1 N–H and O–H groups in total. The fourth-order valence-electron chi connectivity index (χ4n) is 3.06. The summed E-state index contributed by atoms with van der Waals surface area (Å²) in [5, 5.41) is 9.60. The number of benzene rings is 2. The first-order chi connectivity index (χ1) is 12.9. The van der Waals surface area contributed by atoms with Gasteiger partial charge in [-0.3, -0.25) is 0 Å². The first-order valence-corrected chi connectivity index (χ1v) is 13.1. The molecular weight excluding hydrogens is 356 g/mol. The number of hydrogen-bond acceptors (Lipinski definition) is 4. The van der Waals surface area contributed by atoms with Crippen LogP contribution in [0.2, 0.25) is 25.7 Å². The lowest BCUT2D eigenvalue weighted by Gasteiger charge is -2.23. The Bertz CT molecular complexity index is 710. The van der Waals surface area contributed by atoms with Crippen molar-refractivity contribution in [2.75, 3.05) is 27.4 Å². The molecule has 2 rings (SSSR count). The molecule has 0 saturated heterocycles. The summed E-state index contributed by atoms with van der Waals surface area (Å²) in [6, 6.07) is 15.1. The molecular formula is C22H32O4Si. The first-order valence-electron chi connectivity index (χ1n) is 9.44. The molecule has 2 aromatic rings. The maximum absolute atomic E-state index is 9.60. The van der Waals surface area contributed by atoms with Crippen LogP contribution >= 0.6 is 0 Å². The smallest absolute Gasteiger partial charge is 0.164 e. The van der Waals surface area contributed by atoms with E-state index in [1.54, 1.807) is 14.2 Å². The number of aliphatic hydroxyl groups excluding tert-OH is 1. The highest BCUT2D eigenvalue weighted by atomic mass is 28.3. The van der Waals surface area contributed by atoms with Crippen molar-refractivity contribution in [2.24, 2.45) is 0 Å². The van der Waals surface area contributed by atoms with E-state index >= 15 is 0 Å². The Kier molecular flexibility index (Phi) is 7.74. The number of hydrogen-bond donors (Lipinski definition) is 1. The Balaban J connectivity index is 2.38. The Labute approximate surface area is 164 Å². The van der Waals surface area contributed by atoms with Crippen LogP contribution in [-0.4, -0.2) is 40.6 Å². The minimum atomic E-state index is -1.17. The minimum Gasteiger partial charge on any atom is -0.496 e. The van der Waals surface area contributed by atoms with Crippen LogP contribution in [0.5, 0.6) is 17.2 Å². The number of ether oxygens (including phenoxy) is 3. The number of rotatable bonds is 10. The largest absolute Gasteiger partial charge is 0.496 e. The topological polar surface area (TPSA) is 47.9 Å². The molecule has 27 heavy (non-hydrogen) atoms. The predicted molar refractivity (Wildman–Crippen MR) is 113 cm³/mol. The summed E-state index contributed by atoms with van der Waals surface area (Å²) in [6.45, 7) is 7.76. The van der Waals surface area contributed by atoms with E-state index in [2.05, 4.69) is 31.8 Å². The van der Waals surface area contributed by atoms with Gasteiger partial charge < -0.3 is 19.3 Å². The van der Waals surface area contributed by atoms with Gasteiger partial charge in [-0.25, -0.2) is 0 Å². The van der Waals surface area contributed by atoms with Crippen molar-refractivity contribution >= 4 is 8.07 Å². The summed E-state index contributed by atoms with van der Waals surface area (Å²) in [5.74, 6) is 2.17. The van der Waals surface area contributed by atoms with E-state index in [1.165, 1.54) is 0 Å². The normalized spacial score (nSPS) is 12.5. The third kappa shape index (κ3) is 6.01. The zero-order chi connectivity index (χ0) is 19.9. The van der Waals surface area contributed by atoms with Gasteiger partial charge in [0.25, 0.3) is 0 Å². The molecule has 0 aliphatic carbocycles. The summed E-state index contributed by atoms with van der Waals surface area (Å²) >= 11 is 0. The number of aliphatic hydroxyl groups is 1. The van der Waals surface area contributed by atoms with Crippen LogP contribution in [0.25, 0.3) is 0 Å². The van der Waals surface area contributed by atoms with Gasteiger partial charge in [-0.15, -0.1) is 0 Å². The van der Waals surface area contributed by atoms with Crippen LogP contribution in [0.3, 0.4) is 0 Å². The standard InChI is InChI=1S/C22H32O4Si/c1-24-20-16-22(26-13-14-27(3,4)5)21(25-2)15-19(20)18(11-12-23)17-9-7-6-8-10-17/h6-10,15-16,18,23H,11-14H2,1-5H3/t18-/m1/s1. The van der Waals surface area contributed by atoms with Crippen molar-refractivity contribution in [2.45, 2.75) is 38.0 Å². The van der Waals surface area contributed by atoms with Crippen molar-refractivity contribution in [3.63, 3.8) is 0 Å². The third-order valence-corrected chi connectivity index (χ3v) is 6.32. The number of methoxy groups -OCH3 is 2. The second-order valence-corrected chi connectivity index (χ2v) is 13.5. The van der Waals surface area contributed by atoms with E-state index in [1.807, 2.05) is 30.3 Å². The van der Waals surface area contributed by atoms with Crippen molar-refractivity contribution in [1.82, 2.24) is 0 Å². The maximum Gasteiger partial charge on any atom is 0.164 e. The van der Waals surface area contributed by atoms with E-state index in [0.29, 0.717) is 24.5 Å². The van der Waals surface area contributed by atoms with Crippen LogP contribution in [0.4, 0.5) is 0 Å². The minimum absolute atomic E-state index is 0.0242. The van der Waals surface area contributed by atoms with E-state index in [9.17, 15) is 5.11 Å². The maximum atomic E-state index is 9.60. The fourth-order valence-corrected chi connectivity index (χ4v) is 3.78. The van der Waals surface area contributed by atoms with Crippen LogP contribution < -0.4 is 14.2 Å². The molecule has 0 heterocycles. The van der Waals surface area contributed by atoms with Crippen molar-refractivity contribution < 1.29 is 19.3 Å². The molecule has 0 amide bonds. The second kappa shape index (κ2) is 9.81. The summed E-state index contributed by atoms with van der Waals surface area (Å²) in [5.41, 5.74) is 2.13. The summed E-state index contributed by atoms with van der Waals surface area (Å²) in [4.78, 5) is 0. The zero-order valence-corrected chi connectivity index (χ0v) is 18.1. The summed E-state index contributed by atoms with van der Waals surface area (Å²) in [7, 11) is 2.15. The van der Waals surface area contributed by atoms with E-state index in [4.69, 9.17) is 14.2 Å². The average Bonchev–Trinajstić information content (AvgIpc) is 2.65. The molecule has 0 radical (unpaired) electrons. The van der Waals surface area contributed by atoms with Gasteiger partial charge in [0.15, 0.2) is 11.5 Å². The van der Waals surface area contributed by atoms with Gasteiger partial charge in [-0.1, -0.05) is 50.0 Å². The Hall–Kier alpha value is -1.98. The molecule has 0 bridgehead atoms. The van der Waals surface area contributed by atoms with Gasteiger partial charge in [-0.05, 0) is 24.1 Å². The molecule has 0 aliphatic rings. The van der Waals surface area contributed by atoms with Gasteiger partial charge in [0.1, 0.15) is 5.75 Å².